The molecule has 1 aromatic carbocycles. The van der Waals surface area contributed by atoms with Crippen LogP contribution in [0.3, 0.4) is 0 Å². The first-order valence-electron chi connectivity index (χ1n) is 10.0. The van der Waals surface area contributed by atoms with E-state index in [0.29, 0.717) is 18.9 Å². The number of piperazine rings is 1. The smallest absolute Gasteiger partial charge is 0.344 e. The van der Waals surface area contributed by atoms with Crippen molar-refractivity contribution >= 4 is 41.1 Å². The molecule has 29 heavy (non-hydrogen) atoms. The van der Waals surface area contributed by atoms with E-state index in [9.17, 15) is 4.79 Å². The third-order valence-corrected chi connectivity index (χ3v) is 6.22. The van der Waals surface area contributed by atoms with Crippen molar-refractivity contribution in [2.45, 2.75) is 19.4 Å². The van der Waals surface area contributed by atoms with Gasteiger partial charge in [-0.2, -0.15) is 4.68 Å². The summed E-state index contributed by atoms with van der Waals surface area (Å²) < 4.78 is 4.45. The molecule has 0 aliphatic carbocycles. The third-order valence-electron chi connectivity index (χ3n) is 5.50. The van der Waals surface area contributed by atoms with E-state index in [1.165, 1.54) is 35.0 Å². The predicted octanol–water partition coefficient (Wildman–Crippen LogP) is 3.61. The normalized spacial score (nSPS) is 17.7. The van der Waals surface area contributed by atoms with Crippen LogP contribution in [-0.4, -0.2) is 71.1 Å². The summed E-state index contributed by atoms with van der Waals surface area (Å²) in [6.07, 6.45) is 6.12. The molecule has 0 spiro atoms. The lowest BCUT2D eigenvalue weighted by molar-refractivity contribution is 0.134. The maximum Gasteiger partial charge on any atom is 0.344 e. The number of nitrogens with zero attached hydrogens (tertiary/aromatic N) is 5. The molecule has 1 aromatic heterocycles. The lowest BCUT2D eigenvalue weighted by Gasteiger charge is -2.34. The minimum Gasteiger partial charge on any atom is -0.370 e. The lowest BCUT2D eigenvalue weighted by Crippen LogP contribution is -2.49. The monoisotopic (exact) mass is 434 g/mol. The minimum atomic E-state index is -0.0724. The van der Waals surface area contributed by atoms with Crippen LogP contribution in [0.5, 0.6) is 0 Å². The summed E-state index contributed by atoms with van der Waals surface area (Å²) >= 11 is 8.01. The molecule has 9 heteroatoms. The van der Waals surface area contributed by atoms with Gasteiger partial charge in [0.15, 0.2) is 5.82 Å². The van der Waals surface area contributed by atoms with Gasteiger partial charge in [0.25, 0.3) is 0 Å². The van der Waals surface area contributed by atoms with Gasteiger partial charge in [-0.1, -0.05) is 29.6 Å². The minimum absolute atomic E-state index is 0.0724. The van der Waals surface area contributed by atoms with Crippen molar-refractivity contribution in [1.82, 2.24) is 19.6 Å². The fraction of sp³-hybridized carbons (Fsp3) is 0.500. The van der Waals surface area contributed by atoms with Gasteiger partial charge in [0.1, 0.15) is 0 Å². The average molecular weight is 435 g/mol. The highest BCUT2D eigenvalue weighted by molar-refractivity contribution is 7.99. The van der Waals surface area contributed by atoms with Gasteiger partial charge < -0.3 is 14.5 Å². The van der Waals surface area contributed by atoms with Gasteiger partial charge in [-0.3, -0.25) is 4.90 Å². The topological polar surface area (TPSA) is 56.6 Å². The highest BCUT2D eigenvalue weighted by atomic mass is 35.5. The fourth-order valence-corrected chi connectivity index (χ4v) is 4.59. The zero-order valence-corrected chi connectivity index (χ0v) is 18.3. The Morgan fingerprint density at radius 1 is 1.14 bits per heavy atom. The summed E-state index contributed by atoms with van der Waals surface area (Å²) in [7, 11) is 0. The number of rotatable bonds is 5. The predicted molar refractivity (Wildman–Crippen MR) is 120 cm³/mol. The van der Waals surface area contributed by atoms with Crippen LogP contribution in [0.15, 0.2) is 30.5 Å². The lowest BCUT2D eigenvalue weighted by atomic mass is 10.1. The Hall–Kier alpha value is -1.90. The molecule has 0 radical (unpaired) electrons. The van der Waals surface area contributed by atoms with Gasteiger partial charge in [-0.15, -0.1) is 5.10 Å². The van der Waals surface area contributed by atoms with E-state index in [1.54, 1.807) is 12.3 Å². The standard InChI is InChI=1S/C20H27ClN6OS/c1-29-23-19-6-9-27(22-19)20(28)26-12-10-24(11-13-26)15-16-4-5-18(17(21)14-16)25-7-2-3-8-25/h4-6,9,14H,2-3,7-8,10-13,15H2,1H3,(H,22,23). The molecule has 2 saturated heterocycles. The van der Waals surface area contributed by atoms with Crippen molar-refractivity contribution in [2.24, 2.45) is 0 Å². The summed E-state index contributed by atoms with van der Waals surface area (Å²) in [5.74, 6) is 0.693. The first kappa shape index (κ1) is 20.4. The number of amides is 1. The second-order valence-electron chi connectivity index (χ2n) is 7.48. The van der Waals surface area contributed by atoms with Crippen molar-refractivity contribution in [3.05, 3.63) is 41.0 Å². The van der Waals surface area contributed by atoms with Crippen molar-refractivity contribution in [1.29, 1.82) is 0 Å². The van der Waals surface area contributed by atoms with E-state index in [0.717, 1.165) is 43.4 Å². The molecule has 2 fully saturated rings. The highest BCUT2D eigenvalue weighted by Gasteiger charge is 2.23. The summed E-state index contributed by atoms with van der Waals surface area (Å²) in [6.45, 7) is 6.13. The third kappa shape index (κ3) is 4.82. The number of halogens is 1. The summed E-state index contributed by atoms with van der Waals surface area (Å²) in [5.41, 5.74) is 2.37. The Morgan fingerprint density at radius 2 is 1.90 bits per heavy atom. The maximum atomic E-state index is 12.6. The van der Waals surface area contributed by atoms with Gasteiger partial charge in [0, 0.05) is 64.3 Å². The molecule has 4 rings (SSSR count). The number of carbonyl (C=O) groups is 1. The van der Waals surface area contributed by atoms with Crippen LogP contribution in [0.2, 0.25) is 5.02 Å². The Morgan fingerprint density at radius 3 is 2.59 bits per heavy atom. The number of anilines is 2. The molecule has 3 heterocycles. The van der Waals surface area contributed by atoms with E-state index in [4.69, 9.17) is 11.6 Å². The molecule has 2 aliphatic rings. The van der Waals surface area contributed by atoms with Crippen molar-refractivity contribution < 1.29 is 4.79 Å². The molecule has 0 unspecified atom stereocenters. The van der Waals surface area contributed by atoms with Gasteiger partial charge in [-0.05, 0) is 30.5 Å². The van der Waals surface area contributed by atoms with Crippen LogP contribution in [0, 0.1) is 0 Å². The van der Waals surface area contributed by atoms with Crippen LogP contribution >= 0.6 is 23.5 Å². The highest BCUT2D eigenvalue weighted by Crippen LogP contribution is 2.30. The van der Waals surface area contributed by atoms with E-state index in [2.05, 4.69) is 37.8 Å². The zero-order valence-electron chi connectivity index (χ0n) is 16.7. The van der Waals surface area contributed by atoms with Crippen LogP contribution in [0.4, 0.5) is 16.3 Å². The molecule has 0 saturated carbocycles. The molecule has 2 aliphatic heterocycles. The largest absolute Gasteiger partial charge is 0.370 e. The molecule has 0 bridgehead atoms. The van der Waals surface area contributed by atoms with Crippen molar-refractivity contribution in [3.63, 3.8) is 0 Å². The van der Waals surface area contributed by atoms with E-state index in [1.807, 2.05) is 11.2 Å². The number of carbonyl (C=O) groups excluding carboxylic acids is 1. The molecule has 156 valence electrons. The summed E-state index contributed by atoms with van der Waals surface area (Å²) in [6, 6.07) is 8.16. The first-order chi connectivity index (χ1) is 14.1. The summed E-state index contributed by atoms with van der Waals surface area (Å²) in [4.78, 5) is 19.2. The van der Waals surface area contributed by atoms with Gasteiger partial charge in [0.2, 0.25) is 0 Å². The number of benzene rings is 1. The van der Waals surface area contributed by atoms with Crippen LogP contribution in [0.25, 0.3) is 0 Å². The molecular weight excluding hydrogens is 408 g/mol. The molecule has 1 amide bonds. The van der Waals surface area contributed by atoms with Crippen LogP contribution in [0.1, 0.15) is 18.4 Å². The maximum absolute atomic E-state index is 12.6. The Labute approximate surface area is 181 Å². The van der Waals surface area contributed by atoms with Crippen LogP contribution < -0.4 is 9.62 Å². The first-order valence-corrected chi connectivity index (χ1v) is 11.6. The average Bonchev–Trinajstić information content (AvgIpc) is 3.41. The van der Waals surface area contributed by atoms with Gasteiger partial charge in [0.05, 0.1) is 10.7 Å². The van der Waals surface area contributed by atoms with Gasteiger partial charge in [-0.25, -0.2) is 4.79 Å². The molecular formula is C20H27ClN6OS. The van der Waals surface area contributed by atoms with E-state index >= 15 is 0 Å². The van der Waals surface area contributed by atoms with E-state index in [-0.39, 0.29) is 6.03 Å². The quantitative estimate of drug-likeness (QED) is 0.725. The fourth-order valence-electron chi connectivity index (χ4n) is 3.95. The van der Waals surface area contributed by atoms with Crippen molar-refractivity contribution in [3.8, 4) is 0 Å². The molecule has 7 nitrogen and oxygen atoms in total. The van der Waals surface area contributed by atoms with Crippen molar-refractivity contribution in [2.75, 3.05) is 55.1 Å². The molecule has 2 aromatic rings. The number of hydrogen-bond acceptors (Lipinski definition) is 6. The number of nitrogens with one attached hydrogen (secondary N) is 1. The molecule has 0 atom stereocenters. The Bertz CT molecular complexity index is 845. The van der Waals surface area contributed by atoms with E-state index < -0.39 is 0 Å². The summed E-state index contributed by atoms with van der Waals surface area (Å²) in [5, 5.41) is 5.11. The molecule has 1 N–H and O–H groups in total. The van der Waals surface area contributed by atoms with Gasteiger partial charge >= 0.3 is 6.03 Å². The SMILES string of the molecule is CSNc1ccn(C(=O)N2CCN(Cc3ccc(N4CCCC4)c(Cl)c3)CC2)n1. The number of hydrogen-bond donors (Lipinski definition) is 1. The number of aromatic nitrogens is 2. The Kier molecular flexibility index (Phi) is 6.52. The zero-order chi connectivity index (χ0) is 20.2. The Balaban J connectivity index is 1.30. The second-order valence-corrected chi connectivity index (χ2v) is 8.50. The second kappa shape index (κ2) is 9.28. The van der Waals surface area contributed by atoms with Crippen LogP contribution in [-0.2, 0) is 6.54 Å².